The average molecular weight is 483 g/mol. The van der Waals surface area contributed by atoms with Gasteiger partial charge in [0, 0.05) is 12.2 Å². The highest BCUT2D eigenvalue weighted by atomic mass is 32.2. The van der Waals surface area contributed by atoms with Crippen LogP contribution in [0, 0.1) is 5.82 Å². The maximum absolute atomic E-state index is 13.8. The molecule has 1 atom stereocenters. The number of hydrogen-bond acceptors (Lipinski definition) is 5. The van der Waals surface area contributed by atoms with Gasteiger partial charge in [0.1, 0.15) is 5.82 Å². The monoisotopic (exact) mass is 482 g/mol. The molecule has 1 aliphatic rings. The first-order valence-corrected chi connectivity index (χ1v) is 12.2. The summed E-state index contributed by atoms with van der Waals surface area (Å²) < 4.78 is 46.4. The average Bonchev–Trinajstić information content (AvgIpc) is 2.84. The molecule has 1 heterocycles. The number of aryl methyl sites for hydroxylation is 1. The third-order valence-corrected chi connectivity index (χ3v) is 6.91. The molecule has 7 nitrogen and oxygen atoms in total. The highest BCUT2D eigenvalue weighted by molar-refractivity contribution is 7.92. The fourth-order valence-electron chi connectivity index (χ4n) is 3.78. The van der Waals surface area contributed by atoms with Crippen molar-refractivity contribution in [1.29, 1.82) is 0 Å². The maximum atomic E-state index is 13.8. The molecular weight excluding hydrogens is 459 g/mol. The molecule has 1 aliphatic heterocycles. The molecule has 0 saturated carbocycles. The second kappa shape index (κ2) is 9.64. The summed E-state index contributed by atoms with van der Waals surface area (Å²) in [6.07, 6.45) is 0.680. The Hall–Kier alpha value is -3.72. The molecule has 3 aromatic rings. The molecule has 0 bridgehead atoms. The topological polar surface area (TPSA) is 92.8 Å². The van der Waals surface area contributed by atoms with Crippen molar-refractivity contribution in [3.63, 3.8) is 0 Å². The number of para-hydroxylation sites is 2. The first-order chi connectivity index (χ1) is 16.3. The van der Waals surface area contributed by atoms with Gasteiger partial charge >= 0.3 is 5.97 Å². The van der Waals surface area contributed by atoms with Crippen molar-refractivity contribution in [3.8, 4) is 0 Å². The molecule has 176 valence electrons. The molecule has 0 unspecified atom stereocenters. The number of carbonyl (C=O) groups excluding carboxylic acids is 2. The number of esters is 1. The van der Waals surface area contributed by atoms with Gasteiger partial charge in [0.15, 0.2) is 6.10 Å². The van der Waals surface area contributed by atoms with E-state index in [1.807, 2.05) is 24.3 Å². The van der Waals surface area contributed by atoms with Gasteiger partial charge in [0.2, 0.25) is 0 Å². The summed E-state index contributed by atoms with van der Waals surface area (Å²) >= 11 is 0. The molecule has 9 heteroatoms. The molecule has 4 rings (SSSR count). The Kier molecular flexibility index (Phi) is 6.65. The second-order valence-corrected chi connectivity index (χ2v) is 9.56. The zero-order valence-electron chi connectivity index (χ0n) is 18.4. The van der Waals surface area contributed by atoms with Gasteiger partial charge in [0.05, 0.1) is 16.1 Å². The van der Waals surface area contributed by atoms with Gasteiger partial charge in [-0.15, -0.1) is 0 Å². The molecule has 1 N–H and O–H groups in total. The van der Waals surface area contributed by atoms with Crippen LogP contribution in [0.1, 0.15) is 29.3 Å². The van der Waals surface area contributed by atoms with Crippen LogP contribution in [-0.4, -0.2) is 32.9 Å². The number of anilines is 2. The first kappa shape index (κ1) is 23.4. The van der Waals surface area contributed by atoms with Crippen LogP contribution in [0.5, 0.6) is 0 Å². The Morgan fingerprint density at radius 3 is 2.41 bits per heavy atom. The van der Waals surface area contributed by atoms with Gasteiger partial charge in [-0.3, -0.25) is 9.52 Å². The molecule has 0 radical (unpaired) electrons. The van der Waals surface area contributed by atoms with Crippen LogP contribution in [0.15, 0.2) is 77.7 Å². The van der Waals surface area contributed by atoms with E-state index < -0.39 is 27.9 Å². The van der Waals surface area contributed by atoms with Crippen molar-refractivity contribution in [3.05, 3.63) is 89.7 Å². The van der Waals surface area contributed by atoms with E-state index in [1.54, 1.807) is 4.90 Å². The van der Waals surface area contributed by atoms with E-state index >= 15 is 0 Å². The normalized spacial score (nSPS) is 14.1. The van der Waals surface area contributed by atoms with Gasteiger partial charge < -0.3 is 9.64 Å². The highest BCUT2D eigenvalue weighted by Gasteiger charge is 2.28. The standard InChI is InChI=1S/C25H23FN2O5S/c1-17(24(29)28-16-6-8-18-7-2-5-11-23(18)28)33-25(30)19-12-14-20(15-13-19)34(31,32)27-22-10-4-3-9-21(22)26/h2-5,7,9-15,17,27H,6,8,16H2,1H3/t17-/m1/s1. The van der Waals surface area contributed by atoms with E-state index in [0.29, 0.717) is 6.54 Å². The smallest absolute Gasteiger partial charge is 0.338 e. The van der Waals surface area contributed by atoms with Gasteiger partial charge in [-0.25, -0.2) is 17.6 Å². The van der Waals surface area contributed by atoms with E-state index in [1.165, 1.54) is 49.4 Å². The third-order valence-electron chi connectivity index (χ3n) is 5.53. The van der Waals surface area contributed by atoms with Crippen LogP contribution < -0.4 is 9.62 Å². The number of rotatable bonds is 6. The summed E-state index contributed by atoms with van der Waals surface area (Å²) in [7, 11) is -4.06. The van der Waals surface area contributed by atoms with Crippen molar-refractivity contribution in [2.75, 3.05) is 16.2 Å². The number of sulfonamides is 1. The molecule has 0 aromatic heterocycles. The SMILES string of the molecule is C[C@@H](OC(=O)c1ccc(S(=O)(=O)Nc2ccccc2F)cc1)C(=O)N1CCCc2ccccc21. The van der Waals surface area contributed by atoms with Crippen LogP contribution in [0.4, 0.5) is 15.8 Å². The third kappa shape index (κ3) is 4.94. The van der Waals surface area contributed by atoms with E-state index in [2.05, 4.69) is 4.72 Å². The van der Waals surface area contributed by atoms with Crippen molar-refractivity contribution in [2.45, 2.75) is 30.8 Å². The number of hydrogen-bond donors (Lipinski definition) is 1. The molecule has 0 fully saturated rings. The number of amides is 1. The van der Waals surface area contributed by atoms with E-state index in [0.717, 1.165) is 30.2 Å². The Morgan fingerprint density at radius 1 is 1.00 bits per heavy atom. The van der Waals surface area contributed by atoms with Gasteiger partial charge in [0.25, 0.3) is 15.9 Å². The molecule has 0 spiro atoms. The number of carbonyl (C=O) groups is 2. The van der Waals surface area contributed by atoms with Gasteiger partial charge in [-0.1, -0.05) is 30.3 Å². The van der Waals surface area contributed by atoms with E-state index in [-0.39, 0.29) is 22.1 Å². The zero-order chi connectivity index (χ0) is 24.3. The Labute approximate surface area is 197 Å². The Balaban J connectivity index is 1.43. The zero-order valence-corrected chi connectivity index (χ0v) is 19.2. The molecule has 34 heavy (non-hydrogen) atoms. The van der Waals surface area contributed by atoms with Gasteiger partial charge in [-0.05, 0) is 67.8 Å². The lowest BCUT2D eigenvalue weighted by Gasteiger charge is -2.31. The lowest BCUT2D eigenvalue weighted by Crippen LogP contribution is -2.42. The fraction of sp³-hybridized carbons (Fsp3) is 0.200. The lowest BCUT2D eigenvalue weighted by atomic mass is 10.0. The highest BCUT2D eigenvalue weighted by Crippen LogP contribution is 2.27. The summed E-state index contributed by atoms with van der Waals surface area (Å²) in [4.78, 5) is 27.0. The summed E-state index contributed by atoms with van der Waals surface area (Å²) in [5.74, 6) is -1.79. The van der Waals surface area contributed by atoms with E-state index in [9.17, 15) is 22.4 Å². The van der Waals surface area contributed by atoms with Crippen LogP contribution in [0.2, 0.25) is 0 Å². The molecular formula is C25H23FN2O5S. The van der Waals surface area contributed by atoms with Crippen LogP contribution in [0.25, 0.3) is 0 Å². The largest absolute Gasteiger partial charge is 0.449 e. The first-order valence-electron chi connectivity index (χ1n) is 10.7. The maximum Gasteiger partial charge on any atom is 0.338 e. The second-order valence-electron chi connectivity index (χ2n) is 7.88. The number of benzene rings is 3. The quantitative estimate of drug-likeness (QED) is 0.533. The van der Waals surface area contributed by atoms with Crippen LogP contribution in [0.3, 0.4) is 0 Å². The van der Waals surface area contributed by atoms with Crippen molar-refractivity contribution < 1.29 is 27.1 Å². The van der Waals surface area contributed by atoms with Gasteiger partial charge in [-0.2, -0.15) is 0 Å². The minimum atomic E-state index is -4.06. The Morgan fingerprint density at radius 2 is 1.68 bits per heavy atom. The Bertz CT molecular complexity index is 1330. The van der Waals surface area contributed by atoms with Crippen molar-refractivity contribution in [2.24, 2.45) is 0 Å². The lowest BCUT2D eigenvalue weighted by molar-refractivity contribution is -0.126. The van der Waals surface area contributed by atoms with E-state index in [4.69, 9.17) is 4.74 Å². The predicted molar refractivity (Wildman–Crippen MR) is 126 cm³/mol. The summed E-state index contributed by atoms with van der Waals surface area (Å²) in [5, 5.41) is 0. The minimum Gasteiger partial charge on any atom is -0.449 e. The predicted octanol–water partition coefficient (Wildman–Crippen LogP) is 4.15. The fourth-order valence-corrected chi connectivity index (χ4v) is 4.85. The molecule has 0 aliphatic carbocycles. The molecule has 3 aromatic carbocycles. The molecule has 1 amide bonds. The van der Waals surface area contributed by atoms with Crippen molar-refractivity contribution >= 4 is 33.3 Å². The summed E-state index contributed by atoms with van der Waals surface area (Å²) in [6.45, 7) is 2.05. The number of nitrogens with one attached hydrogen (secondary N) is 1. The van der Waals surface area contributed by atoms with Crippen LogP contribution in [-0.2, 0) is 26.0 Å². The molecule has 0 saturated heterocycles. The van der Waals surface area contributed by atoms with Crippen LogP contribution >= 0.6 is 0 Å². The number of halogens is 1. The minimum absolute atomic E-state index is 0.0866. The number of fused-ring (bicyclic) bond motifs is 1. The summed E-state index contributed by atoms with van der Waals surface area (Å²) in [5.41, 5.74) is 1.79. The van der Waals surface area contributed by atoms with Crippen molar-refractivity contribution in [1.82, 2.24) is 0 Å². The summed E-state index contributed by atoms with van der Waals surface area (Å²) in [6, 6.07) is 18.0. The number of nitrogens with zero attached hydrogens (tertiary/aromatic N) is 1. The number of ether oxygens (including phenoxy) is 1.